The Balaban J connectivity index is 2.09. The molecule has 2 N–H and O–H groups in total. The van der Waals surface area contributed by atoms with Gasteiger partial charge in [0.2, 0.25) is 0 Å². The van der Waals surface area contributed by atoms with E-state index in [0.717, 1.165) is 26.0 Å². The minimum Gasteiger partial charge on any atom is -0.383 e. The summed E-state index contributed by atoms with van der Waals surface area (Å²) in [5.74, 6) is 0.639. The predicted octanol–water partition coefficient (Wildman–Crippen LogP) is 3.01. The van der Waals surface area contributed by atoms with Crippen molar-refractivity contribution in [2.24, 2.45) is 5.73 Å². The van der Waals surface area contributed by atoms with Crippen molar-refractivity contribution in [2.75, 3.05) is 20.3 Å². The first-order valence-corrected chi connectivity index (χ1v) is 8.18. The summed E-state index contributed by atoms with van der Waals surface area (Å²) in [5.41, 5.74) is 7.91. The predicted molar refractivity (Wildman–Crippen MR) is 88.5 cm³/mol. The maximum atomic E-state index is 6.45. The van der Waals surface area contributed by atoms with Gasteiger partial charge in [0, 0.05) is 31.8 Å². The van der Waals surface area contributed by atoms with Crippen molar-refractivity contribution in [3.05, 3.63) is 35.9 Å². The highest BCUT2D eigenvalue weighted by atomic mass is 16.5. The molecular formula is C18H30N2O. The van der Waals surface area contributed by atoms with Crippen molar-refractivity contribution >= 4 is 0 Å². The summed E-state index contributed by atoms with van der Waals surface area (Å²) in [4.78, 5) is 2.53. The highest BCUT2D eigenvalue weighted by Gasteiger charge is 2.33. The SMILES string of the molecule is COCCN(C(C)C)C1CC(c2ccccc2)CCC1N. The zero-order valence-corrected chi connectivity index (χ0v) is 13.7. The van der Waals surface area contributed by atoms with Crippen molar-refractivity contribution in [1.82, 2.24) is 4.90 Å². The molecule has 0 aromatic heterocycles. The van der Waals surface area contributed by atoms with Gasteiger partial charge in [-0.3, -0.25) is 4.90 Å². The number of nitrogens with two attached hydrogens (primary N) is 1. The lowest BCUT2D eigenvalue weighted by Gasteiger charge is -2.43. The number of ether oxygens (including phenoxy) is 1. The van der Waals surface area contributed by atoms with Crippen molar-refractivity contribution in [2.45, 2.75) is 57.2 Å². The van der Waals surface area contributed by atoms with E-state index in [2.05, 4.69) is 49.1 Å². The Hall–Kier alpha value is -0.900. The Morgan fingerprint density at radius 2 is 1.95 bits per heavy atom. The third-order valence-electron chi connectivity index (χ3n) is 4.78. The van der Waals surface area contributed by atoms with E-state index in [1.165, 1.54) is 12.0 Å². The standard InChI is InChI=1S/C18H30N2O/c1-14(2)20(11-12-21-3)18-13-16(9-10-17(18)19)15-7-5-4-6-8-15/h4-8,14,16-18H,9-13,19H2,1-3H3. The molecular weight excluding hydrogens is 260 g/mol. The molecule has 0 spiro atoms. The van der Waals surface area contributed by atoms with Gasteiger partial charge in [0.1, 0.15) is 0 Å². The number of hydrogen-bond donors (Lipinski definition) is 1. The fourth-order valence-corrected chi connectivity index (χ4v) is 3.58. The van der Waals surface area contributed by atoms with E-state index in [4.69, 9.17) is 10.5 Å². The Kier molecular flexibility index (Phi) is 6.22. The minimum atomic E-state index is 0.282. The maximum Gasteiger partial charge on any atom is 0.0589 e. The van der Waals surface area contributed by atoms with Crippen LogP contribution in [-0.2, 0) is 4.74 Å². The average Bonchev–Trinajstić information content (AvgIpc) is 2.50. The third-order valence-corrected chi connectivity index (χ3v) is 4.78. The van der Waals surface area contributed by atoms with Crippen LogP contribution < -0.4 is 5.73 Å². The van der Waals surface area contributed by atoms with E-state index in [0.29, 0.717) is 18.0 Å². The van der Waals surface area contributed by atoms with Crippen molar-refractivity contribution in [1.29, 1.82) is 0 Å². The fraction of sp³-hybridized carbons (Fsp3) is 0.667. The normalized spacial score (nSPS) is 26.5. The van der Waals surface area contributed by atoms with Gasteiger partial charge in [-0.2, -0.15) is 0 Å². The molecule has 1 aliphatic carbocycles. The Morgan fingerprint density at radius 3 is 2.57 bits per heavy atom. The fourth-order valence-electron chi connectivity index (χ4n) is 3.58. The summed E-state index contributed by atoms with van der Waals surface area (Å²) in [7, 11) is 1.77. The lowest BCUT2D eigenvalue weighted by Crippen LogP contribution is -2.54. The summed E-state index contributed by atoms with van der Waals surface area (Å²) in [6, 6.07) is 12.1. The van der Waals surface area contributed by atoms with Gasteiger partial charge >= 0.3 is 0 Å². The van der Waals surface area contributed by atoms with Crippen LogP contribution in [0.5, 0.6) is 0 Å². The molecule has 0 radical (unpaired) electrons. The molecule has 3 heteroatoms. The van der Waals surface area contributed by atoms with E-state index < -0.39 is 0 Å². The van der Waals surface area contributed by atoms with Crippen LogP contribution in [0.15, 0.2) is 30.3 Å². The van der Waals surface area contributed by atoms with Crippen LogP contribution in [-0.4, -0.2) is 43.3 Å². The number of hydrogen-bond acceptors (Lipinski definition) is 3. The first-order valence-electron chi connectivity index (χ1n) is 8.18. The number of methoxy groups -OCH3 is 1. The van der Waals surface area contributed by atoms with Gasteiger partial charge < -0.3 is 10.5 Å². The van der Waals surface area contributed by atoms with E-state index in [1.54, 1.807) is 7.11 Å². The highest BCUT2D eigenvalue weighted by molar-refractivity contribution is 5.21. The first kappa shape index (κ1) is 16.5. The van der Waals surface area contributed by atoms with Crippen molar-refractivity contribution in [3.63, 3.8) is 0 Å². The second kappa shape index (κ2) is 7.92. The molecule has 0 heterocycles. The van der Waals surface area contributed by atoms with Crippen LogP contribution in [0, 0.1) is 0 Å². The Morgan fingerprint density at radius 1 is 1.24 bits per heavy atom. The summed E-state index contributed by atoms with van der Waals surface area (Å²) < 4.78 is 5.28. The second-order valence-electron chi connectivity index (χ2n) is 6.48. The largest absolute Gasteiger partial charge is 0.383 e. The smallest absolute Gasteiger partial charge is 0.0589 e. The molecule has 3 atom stereocenters. The van der Waals surface area contributed by atoms with Gasteiger partial charge in [0.25, 0.3) is 0 Å². The molecule has 2 rings (SSSR count). The van der Waals surface area contributed by atoms with E-state index in [1.807, 2.05) is 0 Å². The zero-order chi connectivity index (χ0) is 15.2. The van der Waals surface area contributed by atoms with Crippen LogP contribution in [0.3, 0.4) is 0 Å². The lowest BCUT2D eigenvalue weighted by atomic mass is 9.78. The molecule has 3 unspecified atom stereocenters. The molecule has 1 aromatic rings. The van der Waals surface area contributed by atoms with Crippen molar-refractivity contribution in [3.8, 4) is 0 Å². The molecule has 0 saturated heterocycles. The Bertz CT molecular complexity index is 407. The van der Waals surface area contributed by atoms with Gasteiger partial charge in [-0.15, -0.1) is 0 Å². The summed E-state index contributed by atoms with van der Waals surface area (Å²) in [6.45, 7) is 6.26. The highest BCUT2D eigenvalue weighted by Crippen LogP contribution is 2.35. The molecule has 21 heavy (non-hydrogen) atoms. The van der Waals surface area contributed by atoms with Crippen LogP contribution in [0.4, 0.5) is 0 Å². The topological polar surface area (TPSA) is 38.5 Å². The lowest BCUT2D eigenvalue weighted by molar-refractivity contribution is 0.0640. The average molecular weight is 290 g/mol. The molecule has 0 amide bonds. The molecule has 3 nitrogen and oxygen atoms in total. The zero-order valence-electron chi connectivity index (χ0n) is 13.7. The van der Waals surface area contributed by atoms with Gasteiger partial charge in [-0.1, -0.05) is 30.3 Å². The van der Waals surface area contributed by atoms with Crippen molar-refractivity contribution < 1.29 is 4.74 Å². The Labute approximate surface area is 129 Å². The van der Waals surface area contributed by atoms with E-state index in [9.17, 15) is 0 Å². The molecule has 1 saturated carbocycles. The van der Waals surface area contributed by atoms with E-state index >= 15 is 0 Å². The van der Waals surface area contributed by atoms with Crippen LogP contribution in [0.2, 0.25) is 0 Å². The van der Waals surface area contributed by atoms with Crippen LogP contribution in [0.25, 0.3) is 0 Å². The van der Waals surface area contributed by atoms with Crippen LogP contribution in [0.1, 0.15) is 44.6 Å². The summed E-state index contributed by atoms with van der Waals surface area (Å²) in [5, 5.41) is 0. The molecule has 0 aliphatic heterocycles. The monoisotopic (exact) mass is 290 g/mol. The quantitative estimate of drug-likeness (QED) is 0.875. The molecule has 0 bridgehead atoms. The number of benzene rings is 1. The second-order valence-corrected chi connectivity index (χ2v) is 6.48. The molecule has 1 aliphatic rings. The first-order chi connectivity index (χ1) is 10.1. The molecule has 1 fully saturated rings. The maximum absolute atomic E-state index is 6.45. The van der Waals surface area contributed by atoms with Gasteiger partial charge in [-0.25, -0.2) is 0 Å². The number of rotatable bonds is 6. The van der Waals surface area contributed by atoms with Crippen LogP contribution >= 0.6 is 0 Å². The van der Waals surface area contributed by atoms with Gasteiger partial charge in [0.15, 0.2) is 0 Å². The molecule has 118 valence electrons. The summed E-state index contributed by atoms with van der Waals surface area (Å²) in [6.07, 6.45) is 3.48. The summed E-state index contributed by atoms with van der Waals surface area (Å²) >= 11 is 0. The van der Waals surface area contributed by atoms with E-state index in [-0.39, 0.29) is 6.04 Å². The van der Waals surface area contributed by atoms with Gasteiger partial charge in [0.05, 0.1) is 6.61 Å². The number of nitrogens with zero attached hydrogens (tertiary/aromatic N) is 1. The minimum absolute atomic E-state index is 0.282. The van der Waals surface area contributed by atoms with Gasteiger partial charge in [-0.05, 0) is 44.6 Å². The third kappa shape index (κ3) is 4.29. The molecule has 1 aromatic carbocycles.